The average molecular weight is 294 g/mol. The highest BCUT2D eigenvalue weighted by Crippen LogP contribution is 2.19. The summed E-state index contributed by atoms with van der Waals surface area (Å²) in [7, 11) is 1.24. The van der Waals surface area contributed by atoms with Crippen molar-refractivity contribution in [3.63, 3.8) is 0 Å². The molecule has 0 aliphatic carbocycles. The second-order valence-corrected chi connectivity index (χ2v) is 4.75. The standard InChI is InChI=1S/C14H18N2O5/c1-10(2)15(9-14(18)21-3)13(17)8-11-6-4-5-7-12(11)16(19)20/h4-7,10H,8-9H2,1-3H3. The van der Waals surface area contributed by atoms with Crippen LogP contribution in [-0.4, -0.2) is 41.4 Å². The fourth-order valence-corrected chi connectivity index (χ4v) is 1.87. The van der Waals surface area contributed by atoms with E-state index in [-0.39, 0.29) is 30.6 Å². The molecule has 0 atom stereocenters. The van der Waals surface area contributed by atoms with Crippen molar-refractivity contribution in [2.75, 3.05) is 13.7 Å². The molecule has 1 aromatic carbocycles. The lowest BCUT2D eigenvalue weighted by molar-refractivity contribution is -0.385. The molecular formula is C14H18N2O5. The van der Waals surface area contributed by atoms with E-state index in [1.165, 1.54) is 24.1 Å². The molecule has 0 aliphatic rings. The Morgan fingerprint density at radius 3 is 2.48 bits per heavy atom. The highest BCUT2D eigenvalue weighted by Gasteiger charge is 2.23. The van der Waals surface area contributed by atoms with E-state index >= 15 is 0 Å². The molecule has 114 valence electrons. The fraction of sp³-hybridized carbons (Fsp3) is 0.429. The van der Waals surface area contributed by atoms with Gasteiger partial charge in [0.25, 0.3) is 5.69 Å². The van der Waals surface area contributed by atoms with E-state index in [2.05, 4.69) is 4.74 Å². The molecule has 7 heteroatoms. The maximum absolute atomic E-state index is 12.3. The normalized spacial score (nSPS) is 10.3. The van der Waals surface area contributed by atoms with Crippen LogP contribution in [0.4, 0.5) is 5.69 Å². The number of hydrogen-bond donors (Lipinski definition) is 0. The van der Waals surface area contributed by atoms with Crippen molar-refractivity contribution in [1.29, 1.82) is 0 Å². The van der Waals surface area contributed by atoms with E-state index in [1.54, 1.807) is 26.0 Å². The molecule has 0 heterocycles. The highest BCUT2D eigenvalue weighted by molar-refractivity contribution is 5.84. The summed E-state index contributed by atoms with van der Waals surface area (Å²) < 4.78 is 4.55. The molecule has 0 N–H and O–H groups in total. The summed E-state index contributed by atoms with van der Waals surface area (Å²) in [6.45, 7) is 3.36. The molecule has 1 rings (SSSR count). The van der Waals surface area contributed by atoms with Gasteiger partial charge in [0.1, 0.15) is 6.54 Å². The van der Waals surface area contributed by atoms with Crippen LogP contribution in [0.15, 0.2) is 24.3 Å². The summed E-state index contributed by atoms with van der Waals surface area (Å²) in [6.07, 6.45) is -0.133. The zero-order valence-corrected chi connectivity index (χ0v) is 12.2. The molecule has 0 aromatic heterocycles. The maximum atomic E-state index is 12.3. The summed E-state index contributed by atoms with van der Waals surface area (Å²) in [6, 6.07) is 5.85. The molecule has 0 spiro atoms. The van der Waals surface area contributed by atoms with Gasteiger partial charge in [-0.2, -0.15) is 0 Å². The van der Waals surface area contributed by atoms with Crippen LogP contribution in [0.25, 0.3) is 0 Å². The Morgan fingerprint density at radius 1 is 1.33 bits per heavy atom. The van der Waals surface area contributed by atoms with Crippen molar-refractivity contribution in [1.82, 2.24) is 4.90 Å². The van der Waals surface area contributed by atoms with Gasteiger partial charge in [-0.3, -0.25) is 19.7 Å². The molecular weight excluding hydrogens is 276 g/mol. The lowest BCUT2D eigenvalue weighted by Gasteiger charge is -2.25. The summed E-state index contributed by atoms with van der Waals surface area (Å²) >= 11 is 0. The smallest absolute Gasteiger partial charge is 0.325 e. The first-order chi connectivity index (χ1) is 9.86. The molecule has 0 aliphatic heterocycles. The fourth-order valence-electron chi connectivity index (χ4n) is 1.87. The van der Waals surface area contributed by atoms with Crippen molar-refractivity contribution in [3.8, 4) is 0 Å². The van der Waals surface area contributed by atoms with Crippen LogP contribution in [0.2, 0.25) is 0 Å². The van der Waals surface area contributed by atoms with Crippen LogP contribution in [-0.2, 0) is 20.7 Å². The number of nitrogens with zero attached hydrogens (tertiary/aromatic N) is 2. The number of rotatable bonds is 6. The molecule has 1 aromatic rings. The third-order valence-electron chi connectivity index (χ3n) is 3.00. The Balaban J connectivity index is 2.92. The van der Waals surface area contributed by atoms with Crippen LogP contribution in [0.5, 0.6) is 0 Å². The van der Waals surface area contributed by atoms with Gasteiger partial charge >= 0.3 is 5.97 Å². The summed E-state index contributed by atoms with van der Waals surface area (Å²) in [4.78, 5) is 35.4. The van der Waals surface area contributed by atoms with Crippen LogP contribution in [0.3, 0.4) is 0 Å². The number of esters is 1. The molecule has 0 radical (unpaired) electrons. The predicted molar refractivity (Wildman–Crippen MR) is 75.7 cm³/mol. The lowest BCUT2D eigenvalue weighted by Crippen LogP contribution is -2.41. The van der Waals surface area contributed by atoms with Crippen molar-refractivity contribution >= 4 is 17.6 Å². The molecule has 1 amide bonds. The van der Waals surface area contributed by atoms with E-state index in [4.69, 9.17) is 0 Å². The number of methoxy groups -OCH3 is 1. The Hall–Kier alpha value is -2.44. The summed E-state index contributed by atoms with van der Waals surface area (Å²) in [5, 5.41) is 10.9. The van der Waals surface area contributed by atoms with Crippen LogP contribution in [0.1, 0.15) is 19.4 Å². The Kier molecular flexibility index (Phi) is 5.83. The van der Waals surface area contributed by atoms with Crippen LogP contribution < -0.4 is 0 Å². The topological polar surface area (TPSA) is 89.8 Å². The van der Waals surface area contributed by atoms with E-state index in [0.717, 1.165) is 0 Å². The second-order valence-electron chi connectivity index (χ2n) is 4.75. The van der Waals surface area contributed by atoms with Crippen molar-refractivity contribution in [3.05, 3.63) is 39.9 Å². The van der Waals surface area contributed by atoms with Crippen molar-refractivity contribution in [2.45, 2.75) is 26.3 Å². The largest absolute Gasteiger partial charge is 0.468 e. The van der Waals surface area contributed by atoms with Crippen molar-refractivity contribution in [2.24, 2.45) is 0 Å². The summed E-state index contributed by atoms with van der Waals surface area (Å²) in [5.41, 5.74) is 0.218. The molecule has 0 fully saturated rings. The number of ether oxygens (including phenoxy) is 1. The Morgan fingerprint density at radius 2 is 1.95 bits per heavy atom. The van der Waals surface area contributed by atoms with Gasteiger partial charge in [-0.05, 0) is 13.8 Å². The Labute approximate surface area is 122 Å². The van der Waals surface area contributed by atoms with Gasteiger partial charge < -0.3 is 9.64 Å². The lowest BCUT2D eigenvalue weighted by atomic mass is 10.1. The SMILES string of the molecule is COC(=O)CN(C(=O)Cc1ccccc1[N+](=O)[O-])C(C)C. The minimum Gasteiger partial charge on any atom is -0.468 e. The first-order valence-electron chi connectivity index (χ1n) is 6.45. The van der Waals surface area contributed by atoms with Crippen LogP contribution >= 0.6 is 0 Å². The average Bonchev–Trinajstić information content (AvgIpc) is 2.44. The minimum absolute atomic E-state index is 0.104. The zero-order chi connectivity index (χ0) is 16.0. The van der Waals surface area contributed by atoms with Gasteiger partial charge in [-0.25, -0.2) is 0 Å². The number of para-hydroxylation sites is 1. The number of carbonyl (C=O) groups excluding carboxylic acids is 2. The monoisotopic (exact) mass is 294 g/mol. The molecule has 0 unspecified atom stereocenters. The first kappa shape index (κ1) is 16.6. The predicted octanol–water partition coefficient (Wildman–Crippen LogP) is 1.55. The van der Waals surface area contributed by atoms with Gasteiger partial charge in [0.2, 0.25) is 5.91 Å². The Bertz CT molecular complexity index is 542. The number of nitro benzene ring substituents is 1. The molecule has 0 saturated heterocycles. The minimum atomic E-state index is -0.528. The third-order valence-corrected chi connectivity index (χ3v) is 3.00. The number of carbonyl (C=O) groups is 2. The van der Waals surface area contributed by atoms with E-state index < -0.39 is 10.9 Å². The van der Waals surface area contributed by atoms with Gasteiger partial charge in [0.15, 0.2) is 0 Å². The number of nitro groups is 1. The van der Waals surface area contributed by atoms with E-state index in [1.807, 2.05) is 0 Å². The molecule has 0 saturated carbocycles. The number of benzene rings is 1. The molecule has 7 nitrogen and oxygen atoms in total. The van der Waals surface area contributed by atoms with Gasteiger partial charge in [0.05, 0.1) is 18.5 Å². The maximum Gasteiger partial charge on any atom is 0.325 e. The number of amides is 1. The van der Waals surface area contributed by atoms with E-state index in [0.29, 0.717) is 5.56 Å². The van der Waals surface area contributed by atoms with Gasteiger partial charge in [-0.15, -0.1) is 0 Å². The second kappa shape index (κ2) is 7.37. The number of hydrogen-bond acceptors (Lipinski definition) is 5. The first-order valence-corrected chi connectivity index (χ1v) is 6.45. The van der Waals surface area contributed by atoms with Gasteiger partial charge in [-0.1, -0.05) is 18.2 Å². The molecule has 0 bridgehead atoms. The quantitative estimate of drug-likeness (QED) is 0.451. The zero-order valence-electron chi connectivity index (χ0n) is 12.2. The van der Waals surface area contributed by atoms with Crippen molar-refractivity contribution < 1.29 is 19.2 Å². The third kappa shape index (κ3) is 4.55. The van der Waals surface area contributed by atoms with Crippen LogP contribution in [0, 0.1) is 10.1 Å². The highest BCUT2D eigenvalue weighted by atomic mass is 16.6. The summed E-state index contributed by atoms with van der Waals surface area (Å²) in [5.74, 6) is -0.885. The molecule has 21 heavy (non-hydrogen) atoms. The van der Waals surface area contributed by atoms with Gasteiger partial charge in [0, 0.05) is 17.7 Å². The van der Waals surface area contributed by atoms with E-state index in [9.17, 15) is 19.7 Å².